The summed E-state index contributed by atoms with van der Waals surface area (Å²) in [6.07, 6.45) is 1.22. The van der Waals surface area contributed by atoms with Crippen LogP contribution >= 0.6 is 0 Å². The minimum Gasteiger partial charge on any atom is -0.493 e. The van der Waals surface area contributed by atoms with Gasteiger partial charge in [0.05, 0.1) is 45.3 Å². The van der Waals surface area contributed by atoms with Gasteiger partial charge in [-0.3, -0.25) is 5.43 Å². The molecule has 0 amide bonds. The van der Waals surface area contributed by atoms with Crippen molar-refractivity contribution in [1.29, 1.82) is 0 Å². The summed E-state index contributed by atoms with van der Waals surface area (Å²) in [6.45, 7) is 7.44. The molecule has 2 rings (SSSR count). The van der Waals surface area contributed by atoms with Crippen molar-refractivity contribution in [3.63, 3.8) is 0 Å². The van der Waals surface area contributed by atoms with E-state index in [0.717, 1.165) is 0 Å². The molecule has 35 heavy (non-hydrogen) atoms. The van der Waals surface area contributed by atoms with E-state index in [9.17, 15) is 14.4 Å². The summed E-state index contributed by atoms with van der Waals surface area (Å²) < 4.78 is 26.5. The Bertz CT molecular complexity index is 1110. The summed E-state index contributed by atoms with van der Waals surface area (Å²) in [5, 5.41) is 4.34. The van der Waals surface area contributed by atoms with Crippen molar-refractivity contribution < 1.29 is 38.1 Å². The lowest BCUT2D eigenvalue weighted by molar-refractivity contribution is -0.135. The topological polar surface area (TPSA) is 135 Å². The molecule has 1 heterocycles. The second kappa shape index (κ2) is 13.1. The zero-order valence-electron chi connectivity index (χ0n) is 20.9. The van der Waals surface area contributed by atoms with Gasteiger partial charge in [0.15, 0.2) is 11.5 Å². The molecule has 190 valence electrons. The molecule has 0 saturated carbocycles. The first kappa shape index (κ1) is 27.4. The maximum Gasteiger partial charge on any atom is 0.356 e. The predicted molar refractivity (Wildman–Crippen MR) is 129 cm³/mol. The summed E-state index contributed by atoms with van der Waals surface area (Å²) in [7, 11) is 2.84. The highest BCUT2D eigenvalue weighted by Crippen LogP contribution is 2.41. The fourth-order valence-electron chi connectivity index (χ4n) is 3.04. The number of hydrogen-bond acceptors (Lipinski definition) is 11. The molecular formula is C24H31N3O8. The van der Waals surface area contributed by atoms with Crippen LogP contribution in [0.15, 0.2) is 17.2 Å². The smallest absolute Gasteiger partial charge is 0.356 e. The third-order valence-corrected chi connectivity index (χ3v) is 4.65. The summed E-state index contributed by atoms with van der Waals surface area (Å²) >= 11 is 0. The van der Waals surface area contributed by atoms with Gasteiger partial charge in [-0.1, -0.05) is 13.8 Å². The van der Waals surface area contributed by atoms with E-state index in [1.807, 2.05) is 13.8 Å². The summed E-state index contributed by atoms with van der Waals surface area (Å²) in [6, 6.07) is 2.84. The number of hydrazone groups is 1. The fourth-order valence-corrected chi connectivity index (χ4v) is 3.04. The van der Waals surface area contributed by atoms with Gasteiger partial charge in [0.1, 0.15) is 16.9 Å². The highest BCUT2D eigenvalue weighted by atomic mass is 16.5. The lowest BCUT2D eigenvalue weighted by atomic mass is 10.0. The standard InChI is InChI=1S/C24H31N3O8/c1-7-10-34-23(29)15-12-17(24(30)35-11-8-2)25-20-19(15)16(13-18(31-5)21(20)32-6)27-26-14(4)22(28)33-9-3/h12-13,27H,7-11H2,1-6H3/b26-14-. The second-order valence-electron chi connectivity index (χ2n) is 7.24. The van der Waals surface area contributed by atoms with Crippen LogP contribution in [0.25, 0.3) is 10.9 Å². The fraction of sp³-hybridized carbons (Fsp3) is 0.458. The number of nitrogens with zero attached hydrogens (tertiary/aromatic N) is 2. The number of methoxy groups -OCH3 is 2. The molecule has 1 aromatic heterocycles. The average Bonchev–Trinajstić information content (AvgIpc) is 2.87. The Morgan fingerprint density at radius 2 is 1.60 bits per heavy atom. The number of aromatic nitrogens is 1. The zero-order valence-corrected chi connectivity index (χ0v) is 20.9. The van der Waals surface area contributed by atoms with Gasteiger partial charge >= 0.3 is 17.9 Å². The molecule has 0 aliphatic rings. The first-order chi connectivity index (χ1) is 16.8. The number of rotatable bonds is 12. The average molecular weight is 490 g/mol. The van der Waals surface area contributed by atoms with Crippen molar-refractivity contribution in [3.05, 3.63) is 23.4 Å². The molecule has 11 heteroatoms. The molecule has 0 spiro atoms. The highest BCUT2D eigenvalue weighted by molar-refractivity contribution is 6.35. The quantitative estimate of drug-likeness (QED) is 0.203. The molecule has 0 atom stereocenters. The number of carbonyl (C=O) groups excluding carboxylic acids is 3. The van der Waals surface area contributed by atoms with Crippen LogP contribution < -0.4 is 14.9 Å². The van der Waals surface area contributed by atoms with Crippen molar-refractivity contribution in [3.8, 4) is 11.5 Å². The van der Waals surface area contributed by atoms with Gasteiger partial charge < -0.3 is 23.7 Å². The molecule has 1 aromatic carbocycles. The summed E-state index contributed by atoms with van der Waals surface area (Å²) in [5.41, 5.74) is 3.19. The molecule has 11 nitrogen and oxygen atoms in total. The van der Waals surface area contributed by atoms with E-state index < -0.39 is 17.9 Å². The van der Waals surface area contributed by atoms with Crippen LogP contribution in [0.4, 0.5) is 5.69 Å². The Balaban J connectivity index is 2.81. The number of ether oxygens (including phenoxy) is 5. The number of anilines is 1. The van der Waals surface area contributed by atoms with Crippen LogP contribution in [0.3, 0.4) is 0 Å². The van der Waals surface area contributed by atoms with Gasteiger partial charge in [-0.15, -0.1) is 0 Å². The largest absolute Gasteiger partial charge is 0.493 e. The van der Waals surface area contributed by atoms with E-state index in [0.29, 0.717) is 12.8 Å². The monoisotopic (exact) mass is 489 g/mol. The maximum atomic E-state index is 13.0. The molecule has 2 aromatic rings. The Morgan fingerprint density at radius 1 is 0.943 bits per heavy atom. The Morgan fingerprint density at radius 3 is 2.17 bits per heavy atom. The van der Waals surface area contributed by atoms with Crippen LogP contribution in [0.1, 0.15) is 61.4 Å². The predicted octanol–water partition coefficient (Wildman–Crippen LogP) is 3.74. The van der Waals surface area contributed by atoms with Gasteiger partial charge in [-0.25, -0.2) is 19.4 Å². The Kier molecular flexibility index (Phi) is 10.2. The number of esters is 3. The van der Waals surface area contributed by atoms with E-state index in [2.05, 4.69) is 15.5 Å². The van der Waals surface area contributed by atoms with Gasteiger partial charge in [-0.2, -0.15) is 5.10 Å². The molecule has 0 aliphatic heterocycles. The van der Waals surface area contributed by atoms with E-state index in [-0.39, 0.29) is 64.9 Å². The van der Waals surface area contributed by atoms with Crippen LogP contribution in [0.5, 0.6) is 11.5 Å². The van der Waals surface area contributed by atoms with Gasteiger partial charge in [0.2, 0.25) is 0 Å². The molecular weight excluding hydrogens is 458 g/mol. The Hall–Kier alpha value is -3.89. The summed E-state index contributed by atoms with van der Waals surface area (Å²) in [4.78, 5) is 42.1. The molecule has 0 fully saturated rings. The number of carbonyl (C=O) groups is 3. The SMILES string of the molecule is CCCOC(=O)c1cc(C(=O)OCCC)c2c(N/N=C(/C)C(=O)OCC)cc(OC)c(OC)c2n1. The third-order valence-electron chi connectivity index (χ3n) is 4.65. The van der Waals surface area contributed by atoms with Crippen LogP contribution in [-0.4, -0.2) is 62.6 Å². The normalized spacial score (nSPS) is 11.1. The van der Waals surface area contributed by atoms with E-state index >= 15 is 0 Å². The van der Waals surface area contributed by atoms with E-state index in [4.69, 9.17) is 23.7 Å². The van der Waals surface area contributed by atoms with Gasteiger partial charge in [-0.05, 0) is 32.8 Å². The van der Waals surface area contributed by atoms with E-state index in [1.54, 1.807) is 6.92 Å². The van der Waals surface area contributed by atoms with Crippen molar-refractivity contribution in [2.24, 2.45) is 5.10 Å². The summed E-state index contributed by atoms with van der Waals surface area (Å²) in [5.74, 6) is -1.54. The minimum absolute atomic E-state index is 0.0411. The van der Waals surface area contributed by atoms with Crippen LogP contribution in [0, 0.1) is 0 Å². The van der Waals surface area contributed by atoms with Crippen molar-refractivity contribution >= 4 is 40.2 Å². The highest BCUT2D eigenvalue weighted by Gasteiger charge is 2.25. The molecule has 0 radical (unpaired) electrons. The van der Waals surface area contributed by atoms with Gasteiger partial charge in [0.25, 0.3) is 0 Å². The third kappa shape index (κ3) is 6.58. The van der Waals surface area contributed by atoms with Crippen molar-refractivity contribution in [2.45, 2.75) is 40.5 Å². The number of benzene rings is 1. The lowest BCUT2D eigenvalue weighted by Gasteiger charge is -2.17. The molecule has 0 saturated heterocycles. The zero-order chi connectivity index (χ0) is 26.0. The molecule has 0 bridgehead atoms. The number of fused-ring (bicyclic) bond motifs is 1. The first-order valence-corrected chi connectivity index (χ1v) is 11.2. The van der Waals surface area contributed by atoms with E-state index in [1.165, 1.54) is 33.3 Å². The maximum absolute atomic E-state index is 13.0. The number of hydrogen-bond donors (Lipinski definition) is 1. The number of pyridine rings is 1. The van der Waals surface area contributed by atoms with Gasteiger partial charge in [0, 0.05) is 11.5 Å². The van der Waals surface area contributed by atoms with Crippen LogP contribution in [0.2, 0.25) is 0 Å². The lowest BCUT2D eigenvalue weighted by Crippen LogP contribution is -2.16. The number of nitrogens with one attached hydrogen (secondary N) is 1. The van der Waals surface area contributed by atoms with Crippen LogP contribution in [-0.2, 0) is 19.0 Å². The second-order valence-corrected chi connectivity index (χ2v) is 7.24. The van der Waals surface area contributed by atoms with Crippen molar-refractivity contribution in [2.75, 3.05) is 39.5 Å². The Labute approximate surface area is 203 Å². The first-order valence-electron chi connectivity index (χ1n) is 11.2. The molecule has 0 unspecified atom stereocenters. The molecule has 0 aliphatic carbocycles. The minimum atomic E-state index is -0.700. The molecule has 1 N–H and O–H groups in total. The van der Waals surface area contributed by atoms with Crippen molar-refractivity contribution in [1.82, 2.24) is 4.98 Å².